The van der Waals surface area contributed by atoms with Crippen molar-refractivity contribution in [2.24, 2.45) is 218 Å². The van der Waals surface area contributed by atoms with Gasteiger partial charge in [0.25, 0.3) is 0 Å². The van der Waals surface area contributed by atoms with Crippen molar-refractivity contribution in [3.63, 3.8) is 0 Å². The molecular weight excluding hydrogens is 1070 g/mol. The van der Waals surface area contributed by atoms with E-state index >= 15 is 0 Å². The van der Waals surface area contributed by atoms with E-state index in [0.717, 1.165) is 173 Å². The molecule has 0 aromatic heterocycles. The molecule has 27 saturated carbocycles. The minimum atomic E-state index is -0.383. The predicted octanol–water partition coefficient (Wildman–Crippen LogP) is 22.3. The second kappa shape index (κ2) is 24.4. The van der Waals surface area contributed by atoms with E-state index in [0.29, 0.717) is 6.17 Å². The number of hydrogen-bond acceptors (Lipinski definition) is 2. The summed E-state index contributed by atoms with van der Waals surface area (Å²) in [6, 6.07) is -0.383. The zero-order valence-electron chi connectivity index (χ0n) is 64.9. The zero-order valence-corrected chi connectivity index (χ0v) is 58.9. The van der Waals surface area contributed by atoms with Crippen molar-refractivity contribution in [3.8, 4) is 0 Å². The first-order valence-electron chi connectivity index (χ1n) is 44.9. The first kappa shape index (κ1) is 54.9. The quantitative estimate of drug-likeness (QED) is 0.260. The van der Waals surface area contributed by atoms with E-state index in [9.17, 15) is 0 Å². The normalized spacial score (nSPS) is 66.4. The van der Waals surface area contributed by atoms with Crippen LogP contribution in [0.1, 0.15) is 307 Å². The molecule has 21 unspecified atom stereocenters. The average Bonchev–Trinajstić information content (AvgIpc) is 0.624. The molecule has 1 N–H and O–H groups in total. The minimum Gasteiger partial charge on any atom is -0.299 e. The molecule has 12 bridgehead atoms. The molecule has 29 fully saturated rings. The van der Waals surface area contributed by atoms with Crippen LogP contribution in [0.2, 0.25) is 0 Å². The maximum atomic E-state index is 8.83. The number of nitrogens with one attached hydrogen (secondary N) is 1. The van der Waals surface area contributed by atoms with E-state index in [1.54, 1.807) is 6.42 Å². The monoisotopic (exact) mass is 1220 g/mol. The van der Waals surface area contributed by atoms with Crippen LogP contribution in [-0.2, 0) is 0 Å². The Hall–Kier alpha value is -0.0800. The van der Waals surface area contributed by atoms with Gasteiger partial charge < -0.3 is 0 Å². The fourth-order valence-electron chi connectivity index (χ4n) is 33.2. The van der Waals surface area contributed by atoms with Gasteiger partial charge in [-0.05, 0) is 392 Å². The van der Waals surface area contributed by atoms with E-state index in [4.69, 9.17) is 8.22 Å². The van der Waals surface area contributed by atoms with Crippen LogP contribution in [0.4, 0.5) is 0 Å². The van der Waals surface area contributed by atoms with E-state index in [1.807, 2.05) is 6.92 Å². The maximum absolute atomic E-state index is 8.83. The molecule has 89 heavy (non-hydrogen) atoms. The van der Waals surface area contributed by atoms with Crippen molar-refractivity contribution in [1.29, 1.82) is 0 Å². The highest BCUT2D eigenvalue weighted by Gasteiger charge is 3.02. The first-order chi connectivity index (χ1) is 45.4. The molecule has 29 rings (SSSR count). The fraction of sp³-hybridized carbons (Fsp3) is 1.00. The van der Waals surface area contributed by atoms with Gasteiger partial charge in [-0.2, -0.15) is 0 Å². The summed E-state index contributed by atoms with van der Waals surface area (Å²) in [5.74, 6) is 31.7. The Labute approximate surface area is 558 Å². The van der Waals surface area contributed by atoms with Crippen molar-refractivity contribution in [2.75, 3.05) is 13.1 Å². The summed E-state index contributed by atoms with van der Waals surface area (Å²) in [4.78, 5) is 2.52. The molecule has 2 heteroatoms. The summed E-state index contributed by atoms with van der Waals surface area (Å²) in [6.45, 7) is 18.0. The van der Waals surface area contributed by atoms with Gasteiger partial charge in [0, 0.05) is 20.8 Å². The topological polar surface area (TPSA) is 15.3 Å². The van der Waals surface area contributed by atoms with Gasteiger partial charge >= 0.3 is 0 Å². The molecule has 27 aliphatic carbocycles. The van der Waals surface area contributed by atoms with Crippen LogP contribution in [0.3, 0.4) is 0 Å². The largest absolute Gasteiger partial charge is 0.299 e. The number of nitrogens with zero attached hydrogens (tertiary/aromatic N) is 1. The van der Waals surface area contributed by atoms with Crippen molar-refractivity contribution >= 4 is 0 Å². The summed E-state index contributed by atoms with van der Waals surface area (Å²) in [7, 11) is 0. The fourth-order valence-corrected chi connectivity index (χ4v) is 33.2. The van der Waals surface area contributed by atoms with Gasteiger partial charge in [0.05, 0.1) is 6.17 Å². The average molecular weight is 1220 g/mol. The highest BCUT2D eigenvalue weighted by atomic mass is 15.3. The van der Waals surface area contributed by atoms with Crippen LogP contribution < -0.4 is 5.32 Å². The molecule has 0 aromatic carbocycles. The van der Waals surface area contributed by atoms with Gasteiger partial charge in [-0.3, -0.25) is 10.2 Å². The Morgan fingerprint density at radius 1 is 0.303 bits per heavy atom. The van der Waals surface area contributed by atoms with Crippen molar-refractivity contribution < 1.29 is 8.22 Å². The van der Waals surface area contributed by atoms with Gasteiger partial charge in [0.2, 0.25) is 0 Å². The molecule has 2 aliphatic heterocycles. The Balaban J connectivity index is 0.0000000814. The van der Waals surface area contributed by atoms with Gasteiger partial charge in [0.1, 0.15) is 0 Å². The Morgan fingerprint density at radius 2 is 0.843 bits per heavy atom. The third-order valence-corrected chi connectivity index (χ3v) is 36.8. The smallest absolute Gasteiger partial charge is 0.0599 e. The molecule has 2 saturated heterocycles. The van der Waals surface area contributed by atoms with Crippen LogP contribution in [0.25, 0.3) is 0 Å². The summed E-state index contributed by atoms with van der Waals surface area (Å²) in [5, 5.41) is 3.43. The third kappa shape index (κ3) is 10.1. The number of hydrogen-bond donors (Lipinski definition) is 1. The lowest BCUT2D eigenvalue weighted by molar-refractivity contribution is -0.609. The lowest BCUT2D eigenvalue weighted by Crippen LogP contribution is -3.04. The van der Waals surface area contributed by atoms with Crippen molar-refractivity contribution in [1.82, 2.24) is 10.2 Å². The highest BCUT2D eigenvalue weighted by Crippen LogP contribution is 3.05. The van der Waals surface area contributed by atoms with Crippen molar-refractivity contribution in [2.45, 2.75) is 311 Å². The van der Waals surface area contributed by atoms with Gasteiger partial charge in [-0.15, -0.1) is 0 Å². The molecule has 0 aromatic rings. The summed E-state index contributed by atoms with van der Waals surface area (Å²) < 4.78 is 50.4. The van der Waals surface area contributed by atoms with Gasteiger partial charge in [-0.25, -0.2) is 0 Å². The number of fused-ring (bicyclic) bond motifs is 9. The first-order valence-corrected chi connectivity index (χ1v) is 41.9. The molecule has 500 valence electrons. The SMILES string of the molecule is CC12C3C4C5C3C1C5C42.[2H][C@@]1(C)CCC2CCC3CCCCC3C2C1.[2H][C@@]1(C)CCN2CCCCCC2N1.[2H][C@]1(C)C2CC3C4CC5CC3C1C(C5)C4C2.[2H][C@]1(C)CC2CC3CCC2CC31.[2H][C@]1(C)CCC2CCC3CCCC1C32.[2H][C@]1(C)CCCC2C3CCCCC3CC21. The van der Waals surface area contributed by atoms with Crippen LogP contribution >= 0.6 is 0 Å². The Kier molecular flexibility index (Phi) is 15.1. The van der Waals surface area contributed by atoms with Crippen LogP contribution in [0.5, 0.6) is 0 Å². The zero-order chi connectivity index (χ0) is 65.3. The van der Waals surface area contributed by atoms with Crippen LogP contribution in [-0.4, -0.2) is 30.2 Å². The van der Waals surface area contributed by atoms with E-state index in [1.165, 1.54) is 273 Å². The van der Waals surface area contributed by atoms with E-state index < -0.39 is 0 Å². The second-order valence-electron chi connectivity index (χ2n) is 39.6. The predicted molar refractivity (Wildman–Crippen MR) is 370 cm³/mol. The van der Waals surface area contributed by atoms with E-state index in [-0.39, 0.29) is 35.5 Å². The number of rotatable bonds is 0. The standard InChI is InChI=1S/C15H22.C15H26.C14H24.C13H22.C11H18.C10H20N2.C9H10/c1-7-9-5-11-10-2-8-3-13(11)15(7)14(4-8)12(10)6-9;1-11-6-7-13-9-8-12-4-2-3-5-14(12)15(13)10-11;1-10-5-4-8-13-12-7-3-2-6-11(12)9-14(10)13;1-9-5-6-11-8-7-10-3-2-4-12(9)13(10)11;1-7-4-10-5-9-3-2-8(10)6-11(7)9;1-9-6-8-12-7-4-2-3-5-10(12)11-9;1-9-6-3-2-4(6)8(9)5(2)7(3)9/h7-15H,2-6H2,1H3;11-15H,2-10H2,1H3;10-14H,2-9H2,1H3;9-13H,2-8H2,1H3;7-11H,2-6H2,1H3;9-11H,2-8H2,1H3;2-8H,1H3/t7-,8?,9?,10?,11?,12?,13?,14?,15?;11-,12?,13?,14?,15?;10-,11?,12?,13?,14?;9-,10?,11?,12?,13?;7-,8?,9?,10?,11?;9-,10?;/m010001./s1/i7D;11D;10D;9D;7D;9D;. The Morgan fingerprint density at radius 3 is 1.55 bits per heavy atom. The minimum absolute atomic E-state index is 0.0460. The molecule has 29 aliphatic rings. The van der Waals surface area contributed by atoms with Crippen LogP contribution in [0.15, 0.2) is 0 Å². The van der Waals surface area contributed by atoms with E-state index in [2.05, 4.69) is 51.8 Å². The molecule has 2 nitrogen and oxygen atoms in total. The lowest BCUT2D eigenvalue weighted by Gasteiger charge is -3.07. The Bertz CT molecular complexity index is 2690. The summed E-state index contributed by atoms with van der Waals surface area (Å²) in [6.07, 6.45) is 54.8. The summed E-state index contributed by atoms with van der Waals surface area (Å²) in [5.41, 5.74) is 0.967. The summed E-state index contributed by atoms with van der Waals surface area (Å²) >= 11 is 0. The maximum Gasteiger partial charge on any atom is 0.0599 e. The molecule has 27 atom stereocenters. The molecule has 2 heterocycles. The van der Waals surface area contributed by atoms with Crippen LogP contribution in [0, 0.1) is 218 Å². The second-order valence-corrected chi connectivity index (χ2v) is 39.6. The highest BCUT2D eigenvalue weighted by molar-refractivity contribution is 5.49. The molecule has 0 amide bonds. The molecular formula is C87H142N2. The van der Waals surface area contributed by atoms with Gasteiger partial charge in [0.15, 0.2) is 0 Å². The van der Waals surface area contributed by atoms with Gasteiger partial charge in [-0.1, -0.05) is 131 Å². The van der Waals surface area contributed by atoms with Crippen molar-refractivity contribution in [3.05, 3.63) is 0 Å². The lowest BCUT2D eigenvalue weighted by atomic mass is 8.97. The third-order valence-electron chi connectivity index (χ3n) is 36.8. The molecule has 0 radical (unpaired) electrons. The molecule has 0 spiro atoms.